The van der Waals surface area contributed by atoms with Crippen LogP contribution in [0.15, 0.2) is 30.3 Å². The van der Waals surface area contributed by atoms with Crippen molar-refractivity contribution in [3.05, 3.63) is 52.4 Å². The number of rotatable bonds is 5. The average molecular weight is 471 g/mol. The van der Waals surface area contributed by atoms with Crippen LogP contribution in [0.1, 0.15) is 33.1 Å². The SMILES string of the molecule is Cc1cc(C(=O)NC[C@@H]2[C@@H]3C[C@@H]3CN2C(=O)c2nc(N)sc2-c2cccc(Cl)c2)n(C)n1. The summed E-state index contributed by atoms with van der Waals surface area (Å²) in [5.74, 6) is 0.529. The van der Waals surface area contributed by atoms with Gasteiger partial charge in [-0.05, 0) is 48.9 Å². The second-order valence-electron chi connectivity index (χ2n) is 8.43. The van der Waals surface area contributed by atoms with E-state index in [-0.39, 0.29) is 17.9 Å². The molecule has 0 spiro atoms. The smallest absolute Gasteiger partial charge is 0.274 e. The lowest BCUT2D eigenvalue weighted by atomic mass is 10.1. The first-order valence-electron chi connectivity index (χ1n) is 10.4. The Bertz CT molecular complexity index is 1220. The van der Waals surface area contributed by atoms with Gasteiger partial charge in [0.15, 0.2) is 5.13 Å². The Morgan fingerprint density at radius 2 is 2.16 bits per heavy atom. The van der Waals surface area contributed by atoms with Crippen LogP contribution in [0.25, 0.3) is 10.4 Å². The van der Waals surface area contributed by atoms with Crippen LogP contribution >= 0.6 is 22.9 Å². The maximum Gasteiger partial charge on any atom is 0.274 e. The van der Waals surface area contributed by atoms with Crippen molar-refractivity contribution in [1.82, 2.24) is 25.0 Å². The quantitative estimate of drug-likeness (QED) is 0.596. The predicted octanol–water partition coefficient (Wildman–Crippen LogP) is 2.98. The monoisotopic (exact) mass is 470 g/mol. The Morgan fingerprint density at radius 1 is 1.34 bits per heavy atom. The normalized spacial score (nSPS) is 21.5. The van der Waals surface area contributed by atoms with Crippen molar-refractivity contribution in [2.45, 2.75) is 19.4 Å². The second-order valence-corrected chi connectivity index (χ2v) is 9.90. The molecule has 3 aromatic rings. The van der Waals surface area contributed by atoms with Crippen molar-refractivity contribution >= 4 is 39.9 Å². The summed E-state index contributed by atoms with van der Waals surface area (Å²) in [5.41, 5.74) is 8.42. The van der Waals surface area contributed by atoms with E-state index in [0.29, 0.717) is 51.3 Å². The molecule has 0 unspecified atom stereocenters. The number of piperidine rings is 1. The van der Waals surface area contributed by atoms with E-state index in [2.05, 4.69) is 15.4 Å². The fourth-order valence-corrected chi connectivity index (χ4v) is 5.63. The highest BCUT2D eigenvalue weighted by atomic mass is 35.5. The first-order valence-corrected chi connectivity index (χ1v) is 11.6. The van der Waals surface area contributed by atoms with E-state index in [1.165, 1.54) is 11.3 Å². The van der Waals surface area contributed by atoms with Crippen molar-refractivity contribution < 1.29 is 9.59 Å². The number of hydrogen-bond donors (Lipinski definition) is 2. The zero-order valence-corrected chi connectivity index (χ0v) is 19.3. The number of anilines is 1. The van der Waals surface area contributed by atoms with Crippen LogP contribution in [-0.2, 0) is 7.05 Å². The molecule has 0 bridgehead atoms. The number of benzene rings is 1. The predicted molar refractivity (Wildman–Crippen MR) is 124 cm³/mol. The van der Waals surface area contributed by atoms with E-state index < -0.39 is 0 Å². The third kappa shape index (κ3) is 3.75. The van der Waals surface area contributed by atoms with Crippen LogP contribution in [-0.4, -0.2) is 50.6 Å². The number of fused-ring (bicyclic) bond motifs is 1. The molecule has 1 aromatic carbocycles. The number of thiazole rings is 1. The number of hydrogen-bond acceptors (Lipinski definition) is 6. The van der Waals surface area contributed by atoms with Gasteiger partial charge in [0.05, 0.1) is 16.6 Å². The van der Waals surface area contributed by atoms with Gasteiger partial charge in [-0.15, -0.1) is 0 Å². The number of carbonyl (C=O) groups excluding carboxylic acids is 2. The molecule has 32 heavy (non-hydrogen) atoms. The van der Waals surface area contributed by atoms with E-state index in [0.717, 1.165) is 17.7 Å². The summed E-state index contributed by atoms with van der Waals surface area (Å²) in [5, 5.41) is 8.14. The fourth-order valence-electron chi connectivity index (χ4n) is 4.62. The molecular formula is C22H23ClN6O2S. The van der Waals surface area contributed by atoms with Gasteiger partial charge in [-0.3, -0.25) is 14.3 Å². The van der Waals surface area contributed by atoms with Gasteiger partial charge in [-0.1, -0.05) is 35.1 Å². The number of carbonyl (C=O) groups is 2. The molecule has 3 N–H and O–H groups in total. The molecule has 3 atom stereocenters. The number of nitrogens with one attached hydrogen (secondary N) is 1. The number of nitrogens with zero attached hydrogens (tertiary/aromatic N) is 4. The van der Waals surface area contributed by atoms with E-state index >= 15 is 0 Å². The summed E-state index contributed by atoms with van der Waals surface area (Å²) in [4.78, 5) is 33.1. The molecule has 1 saturated carbocycles. The maximum atomic E-state index is 13.5. The van der Waals surface area contributed by atoms with Gasteiger partial charge < -0.3 is 16.0 Å². The van der Waals surface area contributed by atoms with Gasteiger partial charge in [-0.25, -0.2) is 4.98 Å². The van der Waals surface area contributed by atoms with Gasteiger partial charge in [0.25, 0.3) is 11.8 Å². The molecule has 8 nitrogen and oxygen atoms in total. The average Bonchev–Trinajstić information content (AvgIpc) is 3.07. The Kier molecular flexibility index (Phi) is 5.17. The zero-order valence-electron chi connectivity index (χ0n) is 17.7. The number of halogens is 1. The number of nitrogens with two attached hydrogens (primary N) is 1. The molecule has 1 saturated heterocycles. The van der Waals surface area contributed by atoms with Gasteiger partial charge >= 0.3 is 0 Å². The highest BCUT2D eigenvalue weighted by Gasteiger charge is 2.54. The molecule has 2 aliphatic rings. The number of aromatic nitrogens is 3. The van der Waals surface area contributed by atoms with Crippen molar-refractivity contribution in [3.63, 3.8) is 0 Å². The minimum Gasteiger partial charge on any atom is -0.375 e. The molecule has 0 radical (unpaired) electrons. The highest BCUT2D eigenvalue weighted by molar-refractivity contribution is 7.19. The van der Waals surface area contributed by atoms with Crippen molar-refractivity contribution in [1.29, 1.82) is 0 Å². The van der Waals surface area contributed by atoms with Gasteiger partial charge in [0, 0.05) is 25.2 Å². The Balaban J connectivity index is 1.36. The minimum absolute atomic E-state index is 0.0686. The largest absolute Gasteiger partial charge is 0.375 e. The number of aryl methyl sites for hydroxylation is 2. The van der Waals surface area contributed by atoms with Crippen molar-refractivity contribution in [2.75, 3.05) is 18.8 Å². The van der Waals surface area contributed by atoms with E-state index in [4.69, 9.17) is 17.3 Å². The molecule has 3 heterocycles. The lowest BCUT2D eigenvalue weighted by Crippen LogP contribution is -2.46. The molecule has 2 aromatic heterocycles. The molecule has 5 rings (SSSR count). The maximum absolute atomic E-state index is 13.5. The van der Waals surface area contributed by atoms with Gasteiger partial charge in [0.1, 0.15) is 11.4 Å². The molecule has 166 valence electrons. The van der Waals surface area contributed by atoms with Crippen LogP contribution in [0.4, 0.5) is 5.13 Å². The molecule has 1 aliphatic carbocycles. The summed E-state index contributed by atoms with van der Waals surface area (Å²) in [7, 11) is 1.74. The second kappa shape index (κ2) is 7.90. The zero-order chi connectivity index (χ0) is 22.6. The first-order chi connectivity index (χ1) is 15.3. The summed E-state index contributed by atoms with van der Waals surface area (Å²) < 4.78 is 1.57. The summed E-state index contributed by atoms with van der Waals surface area (Å²) >= 11 is 7.43. The van der Waals surface area contributed by atoms with Crippen LogP contribution in [0.5, 0.6) is 0 Å². The van der Waals surface area contributed by atoms with E-state index in [9.17, 15) is 9.59 Å². The third-order valence-corrected chi connectivity index (χ3v) is 7.37. The standard InChI is InChI=1S/C22H23ClN6O2S/c1-11-6-16(28(2)27-11)20(30)25-9-17-15-8-13(15)10-29(17)21(31)18-19(32-22(24)26-18)12-4-3-5-14(23)7-12/h3-7,13,15,17H,8-10H2,1-2H3,(H2,24,26)(H,25,30)/t13-,15-,17-/m1/s1. The highest BCUT2D eigenvalue weighted by Crippen LogP contribution is 2.50. The number of likely N-dealkylation sites (tertiary alicyclic amines) is 1. The fraction of sp³-hybridized carbons (Fsp3) is 0.364. The van der Waals surface area contributed by atoms with Gasteiger partial charge in [0.2, 0.25) is 0 Å². The summed E-state index contributed by atoms with van der Waals surface area (Å²) in [6.45, 7) is 2.91. The van der Waals surface area contributed by atoms with Crippen LogP contribution < -0.4 is 11.1 Å². The third-order valence-electron chi connectivity index (χ3n) is 6.20. The van der Waals surface area contributed by atoms with Crippen LogP contribution in [0, 0.1) is 18.8 Å². The topological polar surface area (TPSA) is 106 Å². The van der Waals surface area contributed by atoms with Gasteiger partial charge in [-0.2, -0.15) is 5.10 Å². The van der Waals surface area contributed by atoms with E-state index in [1.807, 2.05) is 24.0 Å². The molecule has 1 aliphatic heterocycles. The first kappa shape index (κ1) is 21.0. The van der Waals surface area contributed by atoms with Crippen LogP contribution in [0.3, 0.4) is 0 Å². The number of nitrogen functional groups attached to an aromatic ring is 1. The Hall–Kier alpha value is -2.91. The van der Waals surface area contributed by atoms with Crippen molar-refractivity contribution in [2.24, 2.45) is 18.9 Å². The van der Waals surface area contributed by atoms with Crippen LogP contribution in [0.2, 0.25) is 5.02 Å². The summed E-state index contributed by atoms with van der Waals surface area (Å²) in [6.07, 6.45) is 1.08. The lowest BCUT2D eigenvalue weighted by Gasteiger charge is -2.27. The Labute approximate surface area is 194 Å². The Morgan fingerprint density at radius 3 is 2.88 bits per heavy atom. The molecule has 2 fully saturated rings. The minimum atomic E-state index is -0.192. The van der Waals surface area contributed by atoms with E-state index in [1.54, 1.807) is 29.9 Å². The lowest BCUT2D eigenvalue weighted by molar-refractivity contribution is 0.0690. The number of amides is 2. The summed E-state index contributed by atoms with van der Waals surface area (Å²) in [6, 6.07) is 9.01. The van der Waals surface area contributed by atoms with Crippen molar-refractivity contribution in [3.8, 4) is 10.4 Å². The molecule has 10 heteroatoms. The molecule has 2 amide bonds. The molecular weight excluding hydrogens is 448 g/mol.